The molecule has 0 saturated heterocycles. The molecule has 0 spiro atoms. The highest BCUT2D eigenvalue weighted by Gasteiger charge is 2.05. The van der Waals surface area contributed by atoms with Crippen molar-refractivity contribution in [3.63, 3.8) is 0 Å². The number of hydrogen-bond acceptors (Lipinski definition) is 3. The van der Waals surface area contributed by atoms with Gasteiger partial charge in [0.2, 0.25) is 0 Å². The van der Waals surface area contributed by atoms with E-state index >= 15 is 0 Å². The molecule has 4 heteroatoms. The van der Waals surface area contributed by atoms with Crippen LogP contribution in [0.15, 0.2) is 53.8 Å². The van der Waals surface area contributed by atoms with Crippen molar-refractivity contribution in [2.45, 2.75) is 13.8 Å². The first-order valence-corrected chi connectivity index (χ1v) is 6.50. The summed E-state index contributed by atoms with van der Waals surface area (Å²) in [4.78, 5) is 1.65. The molecule has 0 radical (unpaired) electrons. The van der Waals surface area contributed by atoms with Gasteiger partial charge >= 0.3 is 0 Å². The molecular formula is C16H16N4. The largest absolute Gasteiger partial charge is 0.398 e. The maximum absolute atomic E-state index is 6.02. The van der Waals surface area contributed by atoms with Crippen LogP contribution in [0.25, 0.3) is 10.9 Å². The lowest BCUT2D eigenvalue weighted by Gasteiger charge is -2.06. The van der Waals surface area contributed by atoms with E-state index in [1.54, 1.807) is 4.79 Å². The van der Waals surface area contributed by atoms with E-state index < -0.39 is 0 Å². The van der Waals surface area contributed by atoms with Gasteiger partial charge in [-0.3, -0.25) is 0 Å². The van der Waals surface area contributed by atoms with Gasteiger partial charge in [0.1, 0.15) is 0 Å². The van der Waals surface area contributed by atoms with Crippen LogP contribution >= 0.6 is 0 Å². The Morgan fingerprint density at radius 1 is 1.20 bits per heavy atom. The first-order chi connectivity index (χ1) is 9.65. The highest BCUT2D eigenvalue weighted by Crippen LogP contribution is 2.17. The van der Waals surface area contributed by atoms with Crippen molar-refractivity contribution in [3.8, 4) is 0 Å². The molecule has 0 amide bonds. The summed E-state index contributed by atoms with van der Waals surface area (Å²) in [5.74, 6) is 0. The van der Waals surface area contributed by atoms with E-state index in [2.05, 4.69) is 10.2 Å². The summed E-state index contributed by atoms with van der Waals surface area (Å²) in [6.07, 6.45) is 1.81. The van der Waals surface area contributed by atoms with E-state index in [1.807, 2.05) is 62.5 Å². The van der Waals surface area contributed by atoms with Crippen molar-refractivity contribution >= 4 is 22.3 Å². The summed E-state index contributed by atoms with van der Waals surface area (Å²) in [6, 6.07) is 13.9. The number of hydrogen-bond donors (Lipinski definition) is 1. The quantitative estimate of drug-likeness (QED) is 0.571. The van der Waals surface area contributed by atoms with Crippen LogP contribution in [0.4, 0.5) is 5.69 Å². The van der Waals surface area contributed by atoms with Gasteiger partial charge in [0.25, 0.3) is 0 Å². The molecular weight excluding hydrogens is 248 g/mol. The zero-order valence-corrected chi connectivity index (χ0v) is 11.5. The number of nitrogens with two attached hydrogens (primary N) is 1. The molecule has 1 aromatic heterocycles. The summed E-state index contributed by atoms with van der Waals surface area (Å²) in [7, 11) is 0. The number of aryl methyl sites for hydroxylation is 1. The molecule has 1 heterocycles. The highest BCUT2D eigenvalue weighted by atomic mass is 15.5. The predicted molar refractivity (Wildman–Crippen MR) is 82.9 cm³/mol. The average Bonchev–Trinajstić information content (AvgIpc) is 2.85. The van der Waals surface area contributed by atoms with E-state index in [0.717, 1.165) is 33.4 Å². The van der Waals surface area contributed by atoms with E-state index in [-0.39, 0.29) is 0 Å². The van der Waals surface area contributed by atoms with E-state index in [1.165, 1.54) is 0 Å². The average molecular weight is 264 g/mol. The minimum Gasteiger partial charge on any atom is -0.398 e. The lowest BCUT2D eigenvalue weighted by atomic mass is 10.1. The Labute approximate surface area is 117 Å². The van der Waals surface area contributed by atoms with Crippen molar-refractivity contribution in [2.24, 2.45) is 5.10 Å². The summed E-state index contributed by atoms with van der Waals surface area (Å²) in [5.41, 5.74) is 10.7. The Kier molecular flexibility index (Phi) is 2.99. The van der Waals surface area contributed by atoms with Gasteiger partial charge in [-0.2, -0.15) is 15.0 Å². The van der Waals surface area contributed by atoms with Gasteiger partial charge in [-0.15, -0.1) is 0 Å². The number of para-hydroxylation sites is 1. The van der Waals surface area contributed by atoms with Gasteiger partial charge in [0.05, 0.1) is 17.4 Å². The molecule has 0 fully saturated rings. The van der Waals surface area contributed by atoms with Crippen LogP contribution in [0.3, 0.4) is 0 Å². The molecule has 3 aromatic rings. The Bertz CT molecular complexity index is 799. The maximum atomic E-state index is 6.02. The summed E-state index contributed by atoms with van der Waals surface area (Å²) < 4.78 is 0. The van der Waals surface area contributed by atoms with Crippen LogP contribution in [0, 0.1) is 6.92 Å². The molecule has 0 saturated carbocycles. The van der Waals surface area contributed by atoms with Crippen LogP contribution in [-0.4, -0.2) is 15.6 Å². The maximum Gasteiger partial charge on any atom is 0.0945 e. The standard InChI is InChI=1S/C16H16N4/c1-11-7-8-15(17)14(9-11)12(2)19-20-16-6-4-3-5-13(16)10-18-20/h3-10H,17H2,1-2H3/b19-12+. The molecule has 20 heavy (non-hydrogen) atoms. The molecule has 0 aliphatic carbocycles. The Balaban J connectivity index is 2.09. The number of aromatic nitrogens is 2. The van der Waals surface area contributed by atoms with Gasteiger partial charge < -0.3 is 5.73 Å². The van der Waals surface area contributed by atoms with Crippen LogP contribution in [0.5, 0.6) is 0 Å². The number of nitrogens with zero attached hydrogens (tertiary/aromatic N) is 3. The minimum absolute atomic E-state index is 0.730. The summed E-state index contributed by atoms with van der Waals surface area (Å²) in [6.45, 7) is 3.99. The van der Waals surface area contributed by atoms with Crippen LogP contribution in [-0.2, 0) is 0 Å². The molecule has 100 valence electrons. The van der Waals surface area contributed by atoms with Gasteiger partial charge in [-0.05, 0) is 32.0 Å². The fourth-order valence-electron chi connectivity index (χ4n) is 2.22. The molecule has 4 nitrogen and oxygen atoms in total. The zero-order valence-electron chi connectivity index (χ0n) is 11.5. The van der Waals surface area contributed by atoms with Crippen molar-refractivity contribution in [3.05, 3.63) is 59.8 Å². The third-order valence-corrected chi connectivity index (χ3v) is 3.30. The lowest BCUT2D eigenvalue weighted by Crippen LogP contribution is -2.04. The topological polar surface area (TPSA) is 56.2 Å². The fraction of sp³-hybridized carbons (Fsp3) is 0.125. The lowest BCUT2D eigenvalue weighted by molar-refractivity contribution is 0.768. The second kappa shape index (κ2) is 4.81. The van der Waals surface area contributed by atoms with Crippen molar-refractivity contribution in [2.75, 3.05) is 5.73 Å². The fourth-order valence-corrected chi connectivity index (χ4v) is 2.22. The zero-order chi connectivity index (χ0) is 14.1. The second-order valence-corrected chi connectivity index (χ2v) is 4.87. The number of fused-ring (bicyclic) bond motifs is 1. The predicted octanol–water partition coefficient (Wildman–Crippen LogP) is 3.20. The van der Waals surface area contributed by atoms with E-state index in [9.17, 15) is 0 Å². The Morgan fingerprint density at radius 3 is 2.85 bits per heavy atom. The van der Waals surface area contributed by atoms with Crippen molar-refractivity contribution < 1.29 is 0 Å². The third kappa shape index (κ3) is 2.16. The van der Waals surface area contributed by atoms with Gasteiger partial charge in [-0.25, -0.2) is 0 Å². The van der Waals surface area contributed by atoms with Gasteiger partial charge in [0, 0.05) is 16.6 Å². The number of anilines is 1. The Morgan fingerprint density at radius 2 is 2.00 bits per heavy atom. The molecule has 2 aromatic carbocycles. The van der Waals surface area contributed by atoms with E-state index in [4.69, 9.17) is 5.73 Å². The van der Waals surface area contributed by atoms with Crippen LogP contribution in [0.2, 0.25) is 0 Å². The first-order valence-electron chi connectivity index (χ1n) is 6.50. The van der Waals surface area contributed by atoms with Crippen LogP contribution in [0.1, 0.15) is 18.1 Å². The van der Waals surface area contributed by atoms with Crippen molar-refractivity contribution in [1.82, 2.24) is 9.89 Å². The molecule has 0 bridgehead atoms. The number of nitrogen functional groups attached to an aromatic ring is 1. The smallest absolute Gasteiger partial charge is 0.0945 e. The monoisotopic (exact) mass is 264 g/mol. The number of rotatable bonds is 2. The molecule has 3 rings (SSSR count). The molecule has 0 aliphatic heterocycles. The normalized spacial score (nSPS) is 12.0. The molecule has 0 aliphatic rings. The number of benzene rings is 2. The minimum atomic E-state index is 0.730. The summed E-state index contributed by atoms with van der Waals surface area (Å²) >= 11 is 0. The summed E-state index contributed by atoms with van der Waals surface area (Å²) in [5, 5.41) is 9.93. The molecule has 0 unspecified atom stereocenters. The first kappa shape index (κ1) is 12.4. The molecule has 2 N–H and O–H groups in total. The van der Waals surface area contributed by atoms with Gasteiger partial charge in [-0.1, -0.05) is 29.8 Å². The van der Waals surface area contributed by atoms with E-state index in [0.29, 0.717) is 0 Å². The van der Waals surface area contributed by atoms with Gasteiger partial charge in [0.15, 0.2) is 0 Å². The highest BCUT2D eigenvalue weighted by molar-refractivity contribution is 6.03. The van der Waals surface area contributed by atoms with Crippen LogP contribution < -0.4 is 5.73 Å². The Hall–Kier alpha value is -2.62. The SMILES string of the molecule is C/C(=N\n1ncc2ccccc21)c1cc(C)ccc1N. The molecule has 0 atom stereocenters. The second-order valence-electron chi connectivity index (χ2n) is 4.87. The van der Waals surface area contributed by atoms with Crippen molar-refractivity contribution in [1.29, 1.82) is 0 Å². The third-order valence-electron chi connectivity index (χ3n) is 3.30.